The lowest BCUT2D eigenvalue weighted by Crippen LogP contribution is -2.38. The minimum Gasteiger partial charge on any atom is -0.303 e. The lowest BCUT2D eigenvalue weighted by atomic mass is 9.93. The Morgan fingerprint density at radius 1 is 0.781 bits per heavy atom. The van der Waals surface area contributed by atoms with Gasteiger partial charge in [0.05, 0.1) is 11.4 Å². The summed E-state index contributed by atoms with van der Waals surface area (Å²) >= 11 is 0. The third kappa shape index (κ3) is 6.19. The molecule has 0 saturated carbocycles. The Morgan fingerprint density at radius 2 is 1.38 bits per heavy atom. The van der Waals surface area contributed by atoms with E-state index in [9.17, 15) is 13.2 Å². The number of carbonyl (C=O) groups is 1. The highest BCUT2D eigenvalue weighted by Gasteiger charge is 2.27. The van der Waals surface area contributed by atoms with E-state index in [1.165, 1.54) is 64.6 Å². The van der Waals surface area contributed by atoms with Crippen molar-refractivity contribution in [1.29, 1.82) is 0 Å². The summed E-state index contributed by atoms with van der Waals surface area (Å²) in [5.41, 5.74) is 0.605. The molecule has 0 unspecified atom stereocenters. The molecule has 0 atom stereocenters. The van der Waals surface area contributed by atoms with Crippen LogP contribution in [0.25, 0.3) is 0 Å². The number of likely N-dealkylation sites (tertiary alicyclic amines) is 2. The van der Waals surface area contributed by atoms with Crippen LogP contribution in [0.5, 0.6) is 0 Å². The summed E-state index contributed by atoms with van der Waals surface area (Å²) in [7, 11) is -3.42. The summed E-state index contributed by atoms with van der Waals surface area (Å²) in [6.07, 6.45) is 11.0. The summed E-state index contributed by atoms with van der Waals surface area (Å²) in [5, 5.41) is 0. The molecule has 178 valence electrons. The largest absolute Gasteiger partial charge is 0.303 e. The van der Waals surface area contributed by atoms with Crippen molar-refractivity contribution in [2.24, 2.45) is 5.92 Å². The Morgan fingerprint density at radius 3 is 2.00 bits per heavy atom. The molecule has 7 heteroatoms. The molecular formula is C25H39N3O3S. The topological polar surface area (TPSA) is 60.9 Å². The van der Waals surface area contributed by atoms with Crippen molar-refractivity contribution in [1.82, 2.24) is 14.1 Å². The maximum atomic E-state index is 12.8. The van der Waals surface area contributed by atoms with Gasteiger partial charge in [-0.25, -0.2) is 8.42 Å². The number of rotatable bonds is 8. The Hall–Kier alpha value is -1.28. The number of benzene rings is 1. The Balaban J connectivity index is 1.21. The van der Waals surface area contributed by atoms with Crippen LogP contribution >= 0.6 is 0 Å². The maximum Gasteiger partial charge on any atom is 0.243 e. The van der Waals surface area contributed by atoms with Gasteiger partial charge in [0.2, 0.25) is 10.0 Å². The number of carbonyl (C=O) groups excluding carboxylic acids is 1. The van der Waals surface area contributed by atoms with Crippen LogP contribution in [-0.2, 0) is 10.0 Å². The minimum absolute atomic E-state index is 0.0816. The number of hydrogen-bond acceptors (Lipinski definition) is 5. The first kappa shape index (κ1) is 23.9. The molecule has 0 bridgehead atoms. The van der Waals surface area contributed by atoms with Crippen LogP contribution in [0.3, 0.4) is 0 Å². The van der Waals surface area contributed by atoms with E-state index in [-0.39, 0.29) is 5.78 Å². The van der Waals surface area contributed by atoms with Gasteiger partial charge in [-0.15, -0.1) is 0 Å². The molecule has 3 saturated heterocycles. The first-order chi connectivity index (χ1) is 15.5. The second-order valence-electron chi connectivity index (χ2n) is 9.82. The van der Waals surface area contributed by atoms with E-state index in [1.807, 2.05) is 0 Å². The van der Waals surface area contributed by atoms with Gasteiger partial charge in [-0.2, -0.15) is 4.31 Å². The van der Waals surface area contributed by atoms with Crippen molar-refractivity contribution in [2.45, 2.75) is 62.7 Å². The molecule has 0 aromatic heterocycles. The number of Topliss-reactive ketones (excluding diaryl/α,β-unsaturated/α-hetero) is 1. The highest BCUT2D eigenvalue weighted by Crippen LogP contribution is 2.23. The van der Waals surface area contributed by atoms with E-state index >= 15 is 0 Å². The van der Waals surface area contributed by atoms with E-state index in [1.54, 1.807) is 28.6 Å². The van der Waals surface area contributed by atoms with Gasteiger partial charge in [-0.3, -0.25) is 9.69 Å². The number of piperidine rings is 1. The monoisotopic (exact) mass is 461 g/mol. The molecule has 0 N–H and O–H groups in total. The molecule has 3 heterocycles. The van der Waals surface area contributed by atoms with Crippen molar-refractivity contribution >= 4 is 15.8 Å². The average Bonchev–Trinajstić information content (AvgIpc) is 3.24. The molecule has 3 aliphatic heterocycles. The van der Waals surface area contributed by atoms with Gasteiger partial charge in [0, 0.05) is 18.7 Å². The van der Waals surface area contributed by atoms with Crippen molar-refractivity contribution in [3.05, 3.63) is 29.8 Å². The fourth-order valence-corrected chi connectivity index (χ4v) is 6.86. The standard InChI is InChI=1S/C25H39N3O3S/c29-25(23-7-9-24(10-8-23)32(30,31)28-16-5-6-17-28)21-27-19-12-22(13-20-27)11-18-26-14-3-1-2-4-15-26/h7-10,22H,1-6,11-21H2. The highest BCUT2D eigenvalue weighted by molar-refractivity contribution is 7.89. The zero-order chi connectivity index (χ0) is 22.4. The van der Waals surface area contributed by atoms with Crippen LogP contribution in [0.15, 0.2) is 29.2 Å². The Bertz CT molecular complexity index is 834. The summed E-state index contributed by atoms with van der Waals surface area (Å²) in [6.45, 7) is 7.36. The molecule has 0 spiro atoms. The number of nitrogens with zero attached hydrogens (tertiary/aromatic N) is 3. The molecule has 4 rings (SSSR count). The smallest absolute Gasteiger partial charge is 0.243 e. The summed E-state index contributed by atoms with van der Waals surface area (Å²) < 4.78 is 26.9. The van der Waals surface area contributed by atoms with Crippen molar-refractivity contribution in [3.8, 4) is 0 Å². The Labute approximate surface area is 194 Å². The zero-order valence-corrected chi connectivity index (χ0v) is 20.2. The number of hydrogen-bond donors (Lipinski definition) is 0. The molecular weight excluding hydrogens is 422 g/mol. The van der Waals surface area contributed by atoms with Gasteiger partial charge in [-0.1, -0.05) is 25.0 Å². The molecule has 3 fully saturated rings. The van der Waals surface area contributed by atoms with E-state index < -0.39 is 10.0 Å². The maximum absolute atomic E-state index is 12.8. The first-order valence-electron chi connectivity index (χ1n) is 12.6. The third-order valence-corrected chi connectivity index (χ3v) is 9.42. The van der Waals surface area contributed by atoms with Gasteiger partial charge < -0.3 is 4.90 Å². The quantitative estimate of drug-likeness (QED) is 0.553. The fourth-order valence-electron chi connectivity index (χ4n) is 5.34. The normalized spacial score (nSPS) is 22.8. The third-order valence-electron chi connectivity index (χ3n) is 7.51. The van der Waals surface area contributed by atoms with Crippen molar-refractivity contribution in [2.75, 3.05) is 52.4 Å². The number of sulfonamides is 1. The summed E-state index contributed by atoms with van der Waals surface area (Å²) in [5.74, 6) is 0.859. The Kier molecular flexibility index (Phi) is 8.38. The highest BCUT2D eigenvalue weighted by atomic mass is 32.2. The van der Waals surface area contributed by atoms with Crippen LogP contribution in [0.4, 0.5) is 0 Å². The molecule has 1 aromatic rings. The van der Waals surface area contributed by atoms with Gasteiger partial charge in [0.25, 0.3) is 0 Å². The molecule has 6 nitrogen and oxygen atoms in total. The fraction of sp³-hybridized carbons (Fsp3) is 0.720. The molecule has 0 amide bonds. The van der Waals surface area contributed by atoms with Gasteiger partial charge in [0.15, 0.2) is 5.78 Å². The second kappa shape index (κ2) is 11.2. The van der Waals surface area contributed by atoms with Crippen molar-refractivity contribution in [3.63, 3.8) is 0 Å². The van der Waals surface area contributed by atoms with Crippen LogP contribution in [-0.4, -0.2) is 80.7 Å². The van der Waals surface area contributed by atoms with E-state index in [2.05, 4.69) is 9.80 Å². The van der Waals surface area contributed by atoms with Gasteiger partial charge in [0.1, 0.15) is 0 Å². The van der Waals surface area contributed by atoms with E-state index in [0.717, 1.165) is 31.8 Å². The average molecular weight is 462 g/mol. The zero-order valence-electron chi connectivity index (χ0n) is 19.4. The molecule has 0 aliphatic carbocycles. The number of ketones is 1. The van der Waals surface area contributed by atoms with Gasteiger partial charge >= 0.3 is 0 Å². The van der Waals surface area contributed by atoms with Crippen LogP contribution in [0.1, 0.15) is 68.1 Å². The van der Waals surface area contributed by atoms with Gasteiger partial charge in [-0.05, 0) is 95.7 Å². The second-order valence-corrected chi connectivity index (χ2v) is 11.8. The lowest BCUT2D eigenvalue weighted by molar-refractivity contribution is 0.0888. The summed E-state index contributed by atoms with van der Waals surface area (Å²) in [6, 6.07) is 6.55. The SMILES string of the molecule is O=C(CN1CCC(CCN2CCCCCC2)CC1)c1ccc(S(=O)(=O)N2CCCC2)cc1. The predicted molar refractivity (Wildman–Crippen MR) is 127 cm³/mol. The lowest BCUT2D eigenvalue weighted by Gasteiger charge is -2.32. The summed E-state index contributed by atoms with van der Waals surface area (Å²) in [4.78, 5) is 18.0. The predicted octanol–water partition coefficient (Wildman–Crippen LogP) is 3.63. The van der Waals surface area contributed by atoms with E-state index in [0.29, 0.717) is 30.1 Å². The molecule has 32 heavy (non-hydrogen) atoms. The van der Waals surface area contributed by atoms with E-state index in [4.69, 9.17) is 0 Å². The first-order valence-corrected chi connectivity index (χ1v) is 14.0. The van der Waals surface area contributed by atoms with Crippen LogP contribution < -0.4 is 0 Å². The van der Waals surface area contributed by atoms with Crippen LogP contribution in [0, 0.1) is 5.92 Å². The van der Waals surface area contributed by atoms with Crippen LogP contribution in [0.2, 0.25) is 0 Å². The van der Waals surface area contributed by atoms with Crippen molar-refractivity contribution < 1.29 is 13.2 Å². The molecule has 1 aromatic carbocycles. The molecule has 0 radical (unpaired) electrons. The molecule has 3 aliphatic rings. The minimum atomic E-state index is -3.42.